The van der Waals surface area contributed by atoms with Crippen molar-refractivity contribution in [2.75, 3.05) is 5.73 Å². The molecule has 1 fully saturated rings. The van der Waals surface area contributed by atoms with E-state index in [9.17, 15) is 4.79 Å². The second-order valence-corrected chi connectivity index (χ2v) is 10.2. The molecule has 0 heterocycles. The van der Waals surface area contributed by atoms with E-state index < -0.39 is 7.92 Å². The highest BCUT2D eigenvalue weighted by Gasteiger charge is 2.25. The van der Waals surface area contributed by atoms with E-state index >= 15 is 0 Å². The number of nitrogens with two attached hydrogens (primary N) is 1. The highest BCUT2D eigenvalue weighted by molar-refractivity contribution is 7.79. The molecule has 2 N–H and O–H groups in total. The van der Waals surface area contributed by atoms with Crippen molar-refractivity contribution in [2.24, 2.45) is 0 Å². The Labute approximate surface area is 191 Å². The van der Waals surface area contributed by atoms with Gasteiger partial charge in [0.15, 0.2) is 5.78 Å². The van der Waals surface area contributed by atoms with Crippen LogP contribution in [0, 0.1) is 0 Å². The SMILES string of the molecule is CC(=O)c1ccc(C2CC2)c(N)c1.c1ccc(P(c2ccccc2)c2ccccc2)cc1. The lowest BCUT2D eigenvalue weighted by molar-refractivity contribution is 0.101. The molecule has 0 aromatic heterocycles. The van der Waals surface area contributed by atoms with Crippen LogP contribution in [0.15, 0.2) is 109 Å². The molecular weight excluding hydrogens is 409 g/mol. The van der Waals surface area contributed by atoms with Crippen LogP contribution >= 0.6 is 7.92 Å². The molecule has 3 heteroatoms. The van der Waals surface area contributed by atoms with Crippen molar-refractivity contribution < 1.29 is 4.79 Å². The van der Waals surface area contributed by atoms with Gasteiger partial charge in [-0.05, 0) is 61.1 Å². The molecule has 0 amide bonds. The predicted molar refractivity (Wildman–Crippen MR) is 138 cm³/mol. The molecule has 0 unspecified atom stereocenters. The fourth-order valence-corrected chi connectivity index (χ4v) is 6.04. The third-order valence-corrected chi connectivity index (χ3v) is 8.00. The first kappa shape index (κ1) is 22.0. The number of hydrogen-bond donors (Lipinski definition) is 1. The van der Waals surface area contributed by atoms with Crippen molar-refractivity contribution in [3.63, 3.8) is 0 Å². The Hall–Kier alpha value is -3.22. The van der Waals surface area contributed by atoms with Gasteiger partial charge in [0.2, 0.25) is 0 Å². The van der Waals surface area contributed by atoms with Crippen LogP contribution in [-0.4, -0.2) is 5.78 Å². The Balaban J connectivity index is 0.000000165. The number of Topliss-reactive ketones (excluding diaryl/α,β-unsaturated/α-hetero) is 1. The molecule has 4 aromatic rings. The van der Waals surface area contributed by atoms with Crippen molar-refractivity contribution in [3.05, 3.63) is 120 Å². The van der Waals surface area contributed by atoms with E-state index in [-0.39, 0.29) is 5.78 Å². The summed E-state index contributed by atoms with van der Waals surface area (Å²) in [5.41, 5.74) is 8.54. The number of anilines is 1. The number of carbonyl (C=O) groups excluding carboxylic acids is 1. The standard InChI is InChI=1S/C18H15P.C11H13NO/c1-4-10-16(11-5-1)19(17-12-6-2-7-13-17)18-14-8-3-9-15-18;1-7(13)9-4-5-10(8-2-3-8)11(12)6-9/h1-15H;4-6,8H,2-3,12H2,1H3. The van der Waals surface area contributed by atoms with Crippen molar-refractivity contribution in [2.45, 2.75) is 25.7 Å². The van der Waals surface area contributed by atoms with Gasteiger partial charge in [-0.2, -0.15) is 0 Å². The molecule has 0 aliphatic heterocycles. The molecule has 0 saturated heterocycles. The first-order chi connectivity index (χ1) is 15.6. The Kier molecular flexibility index (Phi) is 7.14. The Morgan fingerprint density at radius 2 is 1.16 bits per heavy atom. The van der Waals surface area contributed by atoms with Gasteiger partial charge in [-0.3, -0.25) is 4.79 Å². The highest BCUT2D eigenvalue weighted by Crippen LogP contribution is 2.42. The summed E-state index contributed by atoms with van der Waals surface area (Å²) in [7, 11) is -0.446. The van der Waals surface area contributed by atoms with Gasteiger partial charge in [0.25, 0.3) is 0 Å². The van der Waals surface area contributed by atoms with E-state index in [0.29, 0.717) is 11.5 Å². The summed E-state index contributed by atoms with van der Waals surface area (Å²) in [5.74, 6) is 0.732. The minimum atomic E-state index is -0.446. The van der Waals surface area contributed by atoms with Crippen LogP contribution in [0.2, 0.25) is 0 Å². The minimum Gasteiger partial charge on any atom is -0.398 e. The average Bonchev–Trinajstić information content (AvgIpc) is 3.67. The summed E-state index contributed by atoms with van der Waals surface area (Å²) in [6.07, 6.45) is 2.48. The van der Waals surface area contributed by atoms with Crippen LogP contribution in [0.5, 0.6) is 0 Å². The molecule has 0 atom stereocenters. The maximum atomic E-state index is 11.0. The second kappa shape index (κ2) is 10.4. The van der Waals surface area contributed by atoms with Crippen LogP contribution in [0.3, 0.4) is 0 Å². The molecular formula is C29H28NOP. The maximum Gasteiger partial charge on any atom is 0.159 e. The summed E-state index contributed by atoms with van der Waals surface area (Å²) in [5, 5.41) is 4.19. The Morgan fingerprint density at radius 1 is 0.719 bits per heavy atom. The molecule has 0 radical (unpaired) electrons. The average molecular weight is 438 g/mol. The normalized spacial score (nSPS) is 12.7. The van der Waals surface area contributed by atoms with Gasteiger partial charge in [-0.15, -0.1) is 0 Å². The first-order valence-corrected chi connectivity index (χ1v) is 12.3. The van der Waals surface area contributed by atoms with Crippen LogP contribution < -0.4 is 21.6 Å². The van der Waals surface area contributed by atoms with Crippen molar-refractivity contribution in [1.29, 1.82) is 0 Å². The van der Waals surface area contributed by atoms with Gasteiger partial charge >= 0.3 is 0 Å². The number of ketones is 1. The summed E-state index contributed by atoms with van der Waals surface area (Å²) < 4.78 is 0. The van der Waals surface area contributed by atoms with Crippen molar-refractivity contribution in [1.82, 2.24) is 0 Å². The number of rotatable bonds is 5. The third kappa shape index (κ3) is 5.52. The fourth-order valence-electron chi connectivity index (χ4n) is 3.74. The summed E-state index contributed by atoms with van der Waals surface area (Å²) in [6, 6.07) is 38.0. The Morgan fingerprint density at radius 3 is 1.50 bits per heavy atom. The van der Waals surface area contributed by atoms with Gasteiger partial charge in [0.1, 0.15) is 0 Å². The molecule has 1 aliphatic carbocycles. The zero-order chi connectivity index (χ0) is 22.3. The topological polar surface area (TPSA) is 43.1 Å². The van der Waals surface area contributed by atoms with E-state index in [0.717, 1.165) is 5.69 Å². The molecule has 32 heavy (non-hydrogen) atoms. The van der Waals surface area contributed by atoms with Crippen molar-refractivity contribution >= 4 is 35.3 Å². The molecule has 1 aliphatic rings. The zero-order valence-electron chi connectivity index (χ0n) is 18.3. The minimum absolute atomic E-state index is 0.0778. The lowest BCUT2D eigenvalue weighted by Crippen LogP contribution is -2.20. The van der Waals surface area contributed by atoms with Crippen LogP contribution in [0.4, 0.5) is 5.69 Å². The summed E-state index contributed by atoms with van der Waals surface area (Å²) >= 11 is 0. The Bertz CT molecular complexity index is 1060. The number of carbonyl (C=O) groups is 1. The fraction of sp³-hybridized carbons (Fsp3) is 0.138. The molecule has 0 bridgehead atoms. The summed E-state index contributed by atoms with van der Waals surface area (Å²) in [4.78, 5) is 11.0. The van der Waals surface area contributed by atoms with Crippen LogP contribution in [-0.2, 0) is 0 Å². The number of nitrogen functional groups attached to an aromatic ring is 1. The lowest BCUT2D eigenvalue weighted by Gasteiger charge is -2.18. The predicted octanol–water partition coefficient (Wildman–Crippen LogP) is 5.79. The van der Waals surface area contributed by atoms with E-state index in [1.54, 1.807) is 13.0 Å². The van der Waals surface area contributed by atoms with E-state index in [2.05, 4.69) is 91.0 Å². The molecule has 5 rings (SSSR count). The van der Waals surface area contributed by atoms with Gasteiger partial charge < -0.3 is 5.73 Å². The maximum absolute atomic E-state index is 11.0. The molecule has 160 valence electrons. The quantitative estimate of drug-likeness (QED) is 0.244. The zero-order valence-corrected chi connectivity index (χ0v) is 19.2. The van der Waals surface area contributed by atoms with Gasteiger partial charge in [-0.25, -0.2) is 0 Å². The van der Waals surface area contributed by atoms with Gasteiger partial charge in [-0.1, -0.05) is 103 Å². The van der Waals surface area contributed by atoms with Crippen LogP contribution in [0.1, 0.15) is 41.6 Å². The molecule has 4 aromatic carbocycles. The smallest absolute Gasteiger partial charge is 0.159 e. The number of benzene rings is 4. The van der Waals surface area contributed by atoms with E-state index in [1.807, 2.05) is 12.1 Å². The van der Waals surface area contributed by atoms with Crippen LogP contribution in [0.25, 0.3) is 0 Å². The van der Waals surface area contributed by atoms with E-state index in [4.69, 9.17) is 5.73 Å². The van der Waals surface area contributed by atoms with Crippen molar-refractivity contribution in [3.8, 4) is 0 Å². The molecule has 1 saturated carbocycles. The third-order valence-electron chi connectivity index (χ3n) is 5.55. The van der Waals surface area contributed by atoms with Gasteiger partial charge in [0, 0.05) is 11.3 Å². The monoisotopic (exact) mass is 437 g/mol. The largest absolute Gasteiger partial charge is 0.398 e. The lowest BCUT2D eigenvalue weighted by atomic mass is 10.0. The van der Waals surface area contributed by atoms with E-state index in [1.165, 1.54) is 34.3 Å². The second-order valence-electron chi connectivity index (χ2n) is 8.02. The molecule has 2 nitrogen and oxygen atoms in total. The number of hydrogen-bond acceptors (Lipinski definition) is 2. The molecule has 0 spiro atoms. The first-order valence-electron chi connectivity index (χ1n) is 11.0. The highest BCUT2D eigenvalue weighted by atomic mass is 31.1. The van der Waals surface area contributed by atoms with Gasteiger partial charge in [0.05, 0.1) is 0 Å². The summed E-state index contributed by atoms with van der Waals surface area (Å²) in [6.45, 7) is 1.56.